The van der Waals surface area contributed by atoms with E-state index in [9.17, 15) is 13.2 Å². The smallest absolute Gasteiger partial charge is 0.418 e. The minimum atomic E-state index is -4.51. The number of benzene rings is 2. The number of anilines is 2. The highest BCUT2D eigenvalue weighted by atomic mass is 19.4. The minimum absolute atomic E-state index is 0.102. The lowest BCUT2D eigenvalue weighted by Crippen LogP contribution is -2.30. The van der Waals surface area contributed by atoms with Gasteiger partial charge in [0.2, 0.25) is 0 Å². The van der Waals surface area contributed by atoms with Gasteiger partial charge in [-0.25, -0.2) is 5.01 Å². The maximum Gasteiger partial charge on any atom is 0.418 e. The number of rotatable bonds is 6. The van der Waals surface area contributed by atoms with Crippen LogP contribution in [0.1, 0.15) is 69.4 Å². The van der Waals surface area contributed by atoms with Crippen LogP contribution in [0.15, 0.2) is 63.9 Å². The van der Waals surface area contributed by atoms with Crippen molar-refractivity contribution in [2.24, 2.45) is 11.0 Å². The molecular formula is C32H36F3N3O2. The summed E-state index contributed by atoms with van der Waals surface area (Å²) in [5.41, 5.74) is 6.08. The molecule has 212 valence electrons. The molecule has 40 heavy (non-hydrogen) atoms. The van der Waals surface area contributed by atoms with Gasteiger partial charge in [-0.15, -0.1) is 0 Å². The molecule has 0 amide bonds. The first kappa shape index (κ1) is 26.8. The molecule has 0 aromatic heterocycles. The van der Waals surface area contributed by atoms with Crippen molar-refractivity contribution in [1.82, 2.24) is 0 Å². The van der Waals surface area contributed by atoms with Gasteiger partial charge < -0.3 is 14.4 Å². The summed E-state index contributed by atoms with van der Waals surface area (Å²) < 4.78 is 54.8. The molecule has 2 fully saturated rings. The zero-order chi connectivity index (χ0) is 28.0. The second-order valence-corrected chi connectivity index (χ2v) is 11.2. The molecule has 0 N–H and O–H groups in total. The summed E-state index contributed by atoms with van der Waals surface area (Å²) in [7, 11) is 3.19. The fourth-order valence-electron chi connectivity index (χ4n) is 6.44. The van der Waals surface area contributed by atoms with Crippen LogP contribution in [0.2, 0.25) is 0 Å². The second-order valence-electron chi connectivity index (χ2n) is 11.2. The van der Waals surface area contributed by atoms with Gasteiger partial charge in [-0.3, -0.25) is 0 Å². The number of allylic oxidation sites excluding steroid dienone is 3. The standard InChI is InChI=1S/C32H36F3N3O2/c1-4-20-13-14-37(19-20)23-11-12-28(32(33,34)35)29(17-23)38-31(21-7-5-8-21)27-10-6-9-26(27)30(36-38)22-15-24(39-2)18-25(16-22)40-3/h11-12,15-18,20H,4-10,13-14,19H2,1-3H3. The third-order valence-electron chi connectivity index (χ3n) is 8.86. The lowest BCUT2D eigenvalue weighted by molar-refractivity contribution is -0.137. The first-order valence-corrected chi connectivity index (χ1v) is 14.3. The Hall–Kier alpha value is -3.42. The zero-order valence-electron chi connectivity index (χ0n) is 23.4. The zero-order valence-corrected chi connectivity index (χ0v) is 23.4. The van der Waals surface area contributed by atoms with E-state index in [-0.39, 0.29) is 5.69 Å². The van der Waals surface area contributed by atoms with E-state index in [0.717, 1.165) is 92.6 Å². The normalized spacial score (nSPS) is 21.1. The average Bonchev–Trinajstić information content (AvgIpc) is 3.61. The number of ether oxygens (including phenoxy) is 2. The fourth-order valence-corrected chi connectivity index (χ4v) is 6.44. The van der Waals surface area contributed by atoms with Crippen LogP contribution in [0, 0.1) is 5.92 Å². The maximum absolute atomic E-state index is 14.6. The van der Waals surface area contributed by atoms with E-state index in [0.29, 0.717) is 23.1 Å². The van der Waals surface area contributed by atoms with E-state index in [1.165, 1.54) is 11.6 Å². The highest BCUT2D eigenvalue weighted by Gasteiger charge is 2.40. The highest BCUT2D eigenvalue weighted by molar-refractivity contribution is 6.15. The molecule has 5 nitrogen and oxygen atoms in total. The molecule has 2 aromatic rings. The van der Waals surface area contributed by atoms with Crippen molar-refractivity contribution in [3.8, 4) is 11.5 Å². The molecule has 8 heteroatoms. The van der Waals surface area contributed by atoms with Crippen molar-refractivity contribution in [3.05, 3.63) is 69.9 Å². The molecule has 1 saturated carbocycles. The molecule has 1 atom stereocenters. The molecule has 0 radical (unpaired) electrons. The Labute approximate surface area is 233 Å². The molecule has 0 bridgehead atoms. The third-order valence-corrected chi connectivity index (χ3v) is 8.86. The largest absolute Gasteiger partial charge is 0.497 e. The van der Waals surface area contributed by atoms with Crippen LogP contribution in [0.3, 0.4) is 0 Å². The molecule has 2 aromatic carbocycles. The molecule has 2 aliphatic heterocycles. The minimum Gasteiger partial charge on any atom is -0.497 e. The van der Waals surface area contributed by atoms with Crippen LogP contribution in [0.4, 0.5) is 24.5 Å². The summed E-state index contributed by atoms with van der Waals surface area (Å²) in [5, 5.41) is 6.70. The van der Waals surface area contributed by atoms with Crippen LogP contribution in [-0.4, -0.2) is 33.0 Å². The van der Waals surface area contributed by atoms with Gasteiger partial charge in [0.05, 0.1) is 36.9 Å². The molecule has 1 unspecified atom stereocenters. The quantitative estimate of drug-likeness (QED) is 0.364. The van der Waals surface area contributed by atoms with Gasteiger partial charge in [0.1, 0.15) is 11.5 Å². The Morgan fingerprint density at radius 1 is 0.925 bits per heavy atom. The topological polar surface area (TPSA) is 37.3 Å². The van der Waals surface area contributed by atoms with Gasteiger partial charge in [0.25, 0.3) is 0 Å². The lowest BCUT2D eigenvalue weighted by atomic mass is 9.85. The number of halogens is 3. The van der Waals surface area contributed by atoms with Gasteiger partial charge in [-0.05, 0) is 97.9 Å². The van der Waals surface area contributed by atoms with Crippen LogP contribution >= 0.6 is 0 Å². The van der Waals surface area contributed by atoms with Crippen molar-refractivity contribution in [3.63, 3.8) is 0 Å². The third kappa shape index (κ3) is 4.75. The van der Waals surface area contributed by atoms with E-state index in [2.05, 4.69) is 11.8 Å². The Kier molecular flexibility index (Phi) is 7.05. The summed E-state index contributed by atoms with van der Waals surface area (Å²) in [6, 6.07) is 10.2. The van der Waals surface area contributed by atoms with E-state index in [4.69, 9.17) is 14.6 Å². The average molecular weight is 552 g/mol. The summed E-state index contributed by atoms with van der Waals surface area (Å²) >= 11 is 0. The molecule has 2 heterocycles. The fraction of sp³-hybridized carbons (Fsp3) is 0.469. The van der Waals surface area contributed by atoms with Gasteiger partial charge in [0.15, 0.2) is 0 Å². The van der Waals surface area contributed by atoms with Crippen LogP contribution in [0.25, 0.3) is 0 Å². The van der Waals surface area contributed by atoms with Gasteiger partial charge in [0, 0.05) is 30.4 Å². The Bertz CT molecular complexity index is 1380. The highest BCUT2D eigenvalue weighted by Crippen LogP contribution is 2.49. The number of hydrazone groups is 1. The van der Waals surface area contributed by atoms with Gasteiger partial charge >= 0.3 is 6.18 Å². The van der Waals surface area contributed by atoms with Crippen molar-refractivity contribution in [2.75, 3.05) is 37.2 Å². The van der Waals surface area contributed by atoms with Crippen molar-refractivity contribution < 1.29 is 22.6 Å². The lowest BCUT2D eigenvalue weighted by Gasteiger charge is -2.36. The van der Waals surface area contributed by atoms with E-state index < -0.39 is 11.7 Å². The Morgan fingerprint density at radius 2 is 1.62 bits per heavy atom. The summed E-state index contributed by atoms with van der Waals surface area (Å²) in [4.78, 5) is 2.22. The number of hydrogen-bond acceptors (Lipinski definition) is 5. The monoisotopic (exact) mass is 551 g/mol. The number of alkyl halides is 3. The van der Waals surface area contributed by atoms with Crippen LogP contribution in [0.5, 0.6) is 11.5 Å². The predicted octanol–water partition coefficient (Wildman–Crippen LogP) is 8.10. The maximum atomic E-state index is 14.6. The Balaban J connectivity index is 1.55. The number of methoxy groups -OCH3 is 2. The predicted molar refractivity (Wildman–Crippen MR) is 152 cm³/mol. The van der Waals surface area contributed by atoms with Crippen molar-refractivity contribution in [1.29, 1.82) is 0 Å². The molecule has 1 saturated heterocycles. The molecular weight excluding hydrogens is 515 g/mol. The number of nitrogens with zero attached hydrogens (tertiary/aromatic N) is 3. The second kappa shape index (κ2) is 10.5. The first-order valence-electron chi connectivity index (χ1n) is 14.3. The number of hydrogen-bond donors (Lipinski definition) is 0. The molecule has 2 aliphatic carbocycles. The molecule has 6 rings (SSSR count). The van der Waals surface area contributed by atoms with E-state index >= 15 is 0 Å². The van der Waals surface area contributed by atoms with Gasteiger partial charge in [-0.2, -0.15) is 18.3 Å². The molecule has 0 spiro atoms. The first-order chi connectivity index (χ1) is 19.3. The summed E-state index contributed by atoms with van der Waals surface area (Å²) in [6.07, 6.45) is 3.08. The Morgan fingerprint density at radius 3 is 2.23 bits per heavy atom. The SMILES string of the molecule is CCC1CCN(c2ccc(C(F)(F)F)c(N3N=C(c4cc(OC)cc(OC)c4)C4=C(CCC4)C3=C3CCC3)c2)C1. The molecule has 4 aliphatic rings. The van der Waals surface area contributed by atoms with E-state index in [1.807, 2.05) is 12.1 Å². The summed E-state index contributed by atoms with van der Waals surface area (Å²) in [5.74, 6) is 1.79. The van der Waals surface area contributed by atoms with Crippen molar-refractivity contribution in [2.45, 2.75) is 64.5 Å². The van der Waals surface area contributed by atoms with Crippen LogP contribution in [-0.2, 0) is 6.18 Å². The van der Waals surface area contributed by atoms with Gasteiger partial charge in [-0.1, -0.05) is 13.3 Å². The summed E-state index contributed by atoms with van der Waals surface area (Å²) in [6.45, 7) is 3.89. The van der Waals surface area contributed by atoms with Crippen LogP contribution < -0.4 is 19.4 Å². The van der Waals surface area contributed by atoms with E-state index in [1.54, 1.807) is 37.4 Å². The van der Waals surface area contributed by atoms with Crippen molar-refractivity contribution >= 4 is 17.1 Å².